The Balaban J connectivity index is 2.10. The topological polar surface area (TPSA) is 64.3 Å². The molecule has 1 aliphatic carbocycles. The van der Waals surface area contributed by atoms with Gasteiger partial charge in [-0.3, -0.25) is 4.79 Å². The summed E-state index contributed by atoms with van der Waals surface area (Å²) in [4.78, 5) is 11.1. The van der Waals surface area contributed by atoms with Crippen molar-refractivity contribution in [2.24, 2.45) is 5.73 Å². The smallest absolute Gasteiger partial charge is 0.257 e. The van der Waals surface area contributed by atoms with Crippen molar-refractivity contribution in [3.63, 3.8) is 0 Å². The molecule has 92 valence electrons. The molecule has 0 saturated heterocycles. The van der Waals surface area contributed by atoms with Gasteiger partial charge in [0.15, 0.2) is 6.61 Å². The van der Waals surface area contributed by atoms with Gasteiger partial charge in [0.05, 0.1) is 0 Å². The highest BCUT2D eigenvalue weighted by molar-refractivity contribution is 5.77. The van der Waals surface area contributed by atoms with E-state index in [4.69, 9.17) is 10.5 Å². The van der Waals surface area contributed by atoms with Crippen molar-refractivity contribution < 1.29 is 9.53 Å². The van der Waals surface area contributed by atoms with Crippen molar-refractivity contribution in [2.45, 2.75) is 25.3 Å². The Morgan fingerprint density at radius 2 is 2.41 bits per heavy atom. The van der Waals surface area contributed by atoms with E-state index in [-0.39, 0.29) is 18.6 Å². The third-order valence-electron chi connectivity index (χ3n) is 3.13. The van der Waals surface area contributed by atoms with Gasteiger partial charge < -0.3 is 15.8 Å². The van der Waals surface area contributed by atoms with Crippen LogP contribution in [0.25, 0.3) is 0 Å². The van der Waals surface area contributed by atoms with Crippen molar-refractivity contribution in [3.8, 4) is 5.75 Å². The van der Waals surface area contributed by atoms with Crippen LogP contribution in [0.2, 0.25) is 0 Å². The maximum absolute atomic E-state index is 11.1. The quantitative estimate of drug-likeness (QED) is 0.824. The minimum atomic E-state index is -0.132. The number of carbonyl (C=O) groups excluding carboxylic acids is 1. The Kier molecular flexibility index (Phi) is 3.64. The molecule has 0 spiro atoms. The van der Waals surface area contributed by atoms with Crippen LogP contribution in [-0.2, 0) is 11.2 Å². The number of benzene rings is 1. The van der Waals surface area contributed by atoms with Crippen LogP contribution in [0.4, 0.5) is 0 Å². The van der Waals surface area contributed by atoms with E-state index in [1.807, 2.05) is 18.2 Å². The summed E-state index contributed by atoms with van der Waals surface area (Å²) < 4.78 is 5.41. The van der Waals surface area contributed by atoms with E-state index in [1.165, 1.54) is 5.56 Å². The van der Waals surface area contributed by atoms with Crippen molar-refractivity contribution in [2.75, 3.05) is 13.7 Å². The van der Waals surface area contributed by atoms with Crippen LogP contribution >= 0.6 is 0 Å². The number of fused-ring (bicyclic) bond motifs is 1. The molecule has 1 aromatic carbocycles. The molecule has 0 bridgehead atoms. The molecule has 1 aliphatic rings. The lowest BCUT2D eigenvalue weighted by Gasteiger charge is -2.22. The number of ether oxygens (including phenoxy) is 1. The fourth-order valence-corrected chi connectivity index (χ4v) is 2.12. The molecule has 0 radical (unpaired) electrons. The first kappa shape index (κ1) is 11.9. The van der Waals surface area contributed by atoms with Crippen LogP contribution in [0.3, 0.4) is 0 Å². The Bertz CT molecular complexity index is 418. The lowest BCUT2D eigenvalue weighted by Crippen LogP contribution is -2.25. The number of nitrogens with one attached hydrogen (secondary N) is 1. The minimum Gasteiger partial charge on any atom is -0.484 e. The number of likely N-dealkylation sites (N-methyl/N-ethyl adjacent to an activating group) is 1. The van der Waals surface area contributed by atoms with Crippen molar-refractivity contribution in [3.05, 3.63) is 29.3 Å². The van der Waals surface area contributed by atoms with Gasteiger partial charge in [-0.15, -0.1) is 0 Å². The van der Waals surface area contributed by atoms with E-state index in [2.05, 4.69) is 5.32 Å². The monoisotopic (exact) mass is 234 g/mol. The normalized spacial score (nSPS) is 18.4. The molecule has 0 aromatic heterocycles. The van der Waals surface area contributed by atoms with Gasteiger partial charge >= 0.3 is 0 Å². The summed E-state index contributed by atoms with van der Waals surface area (Å²) in [6.07, 6.45) is 3.25. The number of hydrogen-bond donors (Lipinski definition) is 2. The highest BCUT2D eigenvalue weighted by atomic mass is 16.5. The van der Waals surface area contributed by atoms with Gasteiger partial charge in [-0.25, -0.2) is 0 Å². The van der Waals surface area contributed by atoms with Gasteiger partial charge in [0.25, 0.3) is 5.91 Å². The molecule has 1 atom stereocenters. The van der Waals surface area contributed by atoms with E-state index in [9.17, 15) is 4.79 Å². The molecule has 0 unspecified atom stereocenters. The Morgan fingerprint density at radius 1 is 1.59 bits per heavy atom. The number of rotatable bonds is 3. The summed E-state index contributed by atoms with van der Waals surface area (Å²) in [7, 11) is 1.59. The third-order valence-corrected chi connectivity index (χ3v) is 3.13. The SMILES string of the molecule is CNC(=O)COc1ccc2c(c1)[C@@H](N)CCC2. The van der Waals surface area contributed by atoms with Crippen molar-refractivity contribution in [1.29, 1.82) is 0 Å². The highest BCUT2D eigenvalue weighted by Gasteiger charge is 2.17. The zero-order valence-corrected chi connectivity index (χ0v) is 10.0. The Labute approximate surface area is 101 Å². The van der Waals surface area contributed by atoms with Gasteiger partial charge in [0.2, 0.25) is 0 Å². The summed E-state index contributed by atoms with van der Waals surface area (Å²) in [5.41, 5.74) is 8.52. The van der Waals surface area contributed by atoms with Gasteiger partial charge in [-0.05, 0) is 42.5 Å². The molecule has 3 N–H and O–H groups in total. The largest absolute Gasteiger partial charge is 0.484 e. The first-order chi connectivity index (χ1) is 8.20. The zero-order valence-electron chi connectivity index (χ0n) is 10.0. The fourth-order valence-electron chi connectivity index (χ4n) is 2.12. The second-order valence-electron chi connectivity index (χ2n) is 4.32. The van der Waals surface area contributed by atoms with Gasteiger partial charge in [-0.2, -0.15) is 0 Å². The summed E-state index contributed by atoms with van der Waals surface area (Å²) in [6.45, 7) is 0.0462. The molecule has 1 amide bonds. The van der Waals surface area contributed by atoms with Gasteiger partial charge in [0, 0.05) is 13.1 Å². The molecule has 0 heterocycles. The van der Waals surface area contributed by atoms with E-state index in [0.29, 0.717) is 5.75 Å². The molecular formula is C13H18N2O2. The zero-order chi connectivity index (χ0) is 12.3. The minimum absolute atomic E-state index is 0.0462. The predicted molar refractivity (Wildman–Crippen MR) is 65.9 cm³/mol. The predicted octanol–water partition coefficient (Wildman–Crippen LogP) is 1.15. The molecule has 4 nitrogen and oxygen atoms in total. The van der Waals surface area contributed by atoms with Crippen LogP contribution in [-0.4, -0.2) is 19.6 Å². The van der Waals surface area contributed by atoms with E-state index < -0.39 is 0 Å². The number of amides is 1. The molecule has 17 heavy (non-hydrogen) atoms. The lowest BCUT2D eigenvalue weighted by molar-refractivity contribution is -0.122. The molecule has 0 fully saturated rings. The van der Waals surface area contributed by atoms with E-state index in [0.717, 1.165) is 24.8 Å². The Morgan fingerprint density at radius 3 is 3.18 bits per heavy atom. The average Bonchev–Trinajstić information content (AvgIpc) is 2.36. The second kappa shape index (κ2) is 5.19. The maximum Gasteiger partial charge on any atom is 0.257 e. The first-order valence-corrected chi connectivity index (χ1v) is 5.92. The van der Waals surface area contributed by atoms with Crippen LogP contribution in [0.15, 0.2) is 18.2 Å². The number of carbonyl (C=O) groups is 1. The van der Waals surface area contributed by atoms with Gasteiger partial charge in [0.1, 0.15) is 5.75 Å². The summed E-state index contributed by atoms with van der Waals surface area (Å²) in [5.74, 6) is 0.580. The third kappa shape index (κ3) is 2.77. The number of nitrogens with two attached hydrogens (primary N) is 1. The summed E-state index contributed by atoms with van der Waals surface area (Å²) in [5, 5.41) is 2.52. The second-order valence-corrected chi connectivity index (χ2v) is 4.32. The van der Waals surface area contributed by atoms with Crippen LogP contribution in [0.1, 0.15) is 30.0 Å². The van der Waals surface area contributed by atoms with Gasteiger partial charge in [-0.1, -0.05) is 6.07 Å². The van der Waals surface area contributed by atoms with Crippen LogP contribution in [0, 0.1) is 0 Å². The van der Waals surface area contributed by atoms with Crippen LogP contribution < -0.4 is 15.8 Å². The molecule has 0 aliphatic heterocycles. The van der Waals surface area contributed by atoms with Crippen molar-refractivity contribution >= 4 is 5.91 Å². The summed E-state index contributed by atoms with van der Waals surface area (Å²) >= 11 is 0. The lowest BCUT2D eigenvalue weighted by atomic mass is 9.88. The molecule has 0 saturated carbocycles. The number of hydrogen-bond acceptors (Lipinski definition) is 3. The molecular weight excluding hydrogens is 216 g/mol. The maximum atomic E-state index is 11.1. The number of aryl methyl sites for hydroxylation is 1. The fraction of sp³-hybridized carbons (Fsp3) is 0.462. The molecule has 4 heteroatoms. The first-order valence-electron chi connectivity index (χ1n) is 5.92. The van der Waals surface area contributed by atoms with E-state index in [1.54, 1.807) is 7.05 Å². The van der Waals surface area contributed by atoms with Crippen LogP contribution in [0.5, 0.6) is 5.75 Å². The standard InChI is InChI=1S/C13H18N2O2/c1-15-13(16)8-17-10-6-5-9-3-2-4-12(14)11(9)7-10/h5-7,12H,2-4,8,14H2,1H3,(H,15,16)/t12-/m0/s1. The van der Waals surface area contributed by atoms with Crippen molar-refractivity contribution in [1.82, 2.24) is 5.32 Å². The van der Waals surface area contributed by atoms with E-state index >= 15 is 0 Å². The average molecular weight is 234 g/mol. The highest BCUT2D eigenvalue weighted by Crippen LogP contribution is 2.30. The Hall–Kier alpha value is -1.55. The molecule has 1 aromatic rings. The molecule has 2 rings (SSSR count). The summed E-state index contributed by atoms with van der Waals surface area (Å²) in [6, 6.07) is 6.01.